The summed E-state index contributed by atoms with van der Waals surface area (Å²) in [5, 5.41) is 7.43. The number of anilines is 2. The summed E-state index contributed by atoms with van der Waals surface area (Å²) in [6.45, 7) is 5.79. The summed E-state index contributed by atoms with van der Waals surface area (Å²) in [4.78, 5) is 35.2. The fourth-order valence-corrected chi connectivity index (χ4v) is 3.41. The van der Waals surface area contributed by atoms with Crippen LogP contribution >= 0.6 is 15.9 Å². The normalized spacial score (nSPS) is 13.5. The van der Waals surface area contributed by atoms with E-state index in [-0.39, 0.29) is 30.4 Å². The van der Waals surface area contributed by atoms with Gasteiger partial charge in [0.1, 0.15) is 18.1 Å². The molecule has 160 valence electrons. The highest BCUT2D eigenvalue weighted by molar-refractivity contribution is 9.10. The minimum Gasteiger partial charge on any atom is -0.482 e. The minimum absolute atomic E-state index is 0.124. The number of fused-ring (bicyclic) bond motifs is 1. The molecule has 9 nitrogen and oxygen atoms in total. The third-order valence-corrected chi connectivity index (χ3v) is 5.15. The molecule has 3 heterocycles. The molecule has 1 aliphatic rings. The Morgan fingerprint density at radius 3 is 2.68 bits per heavy atom. The van der Waals surface area contributed by atoms with E-state index >= 15 is 0 Å². The van der Waals surface area contributed by atoms with Crippen molar-refractivity contribution in [1.29, 1.82) is 0 Å². The van der Waals surface area contributed by atoms with Gasteiger partial charge in [0.15, 0.2) is 6.61 Å². The van der Waals surface area contributed by atoms with Crippen LogP contribution in [0.5, 0.6) is 5.75 Å². The van der Waals surface area contributed by atoms with Crippen molar-refractivity contribution < 1.29 is 14.3 Å². The average Bonchev–Trinajstić information content (AvgIpc) is 3.15. The van der Waals surface area contributed by atoms with E-state index in [1.165, 1.54) is 9.58 Å². The van der Waals surface area contributed by atoms with Gasteiger partial charge >= 0.3 is 0 Å². The number of nitrogens with zero attached hydrogens (tertiary/aromatic N) is 5. The maximum atomic E-state index is 12.9. The van der Waals surface area contributed by atoms with Gasteiger partial charge < -0.3 is 10.1 Å². The molecule has 4 rings (SSSR count). The lowest BCUT2D eigenvalue weighted by molar-refractivity contribution is -0.123. The topological polar surface area (TPSA) is 102 Å². The lowest BCUT2D eigenvalue weighted by atomic mass is 9.92. The third kappa shape index (κ3) is 4.43. The Morgan fingerprint density at radius 2 is 1.97 bits per heavy atom. The number of hydrogen-bond donors (Lipinski definition) is 1. The minimum atomic E-state index is -0.373. The molecule has 0 radical (unpaired) electrons. The van der Waals surface area contributed by atoms with Crippen LogP contribution in [0.2, 0.25) is 0 Å². The number of carbonyl (C=O) groups excluding carboxylic acids is 2. The maximum Gasteiger partial charge on any atom is 0.265 e. The number of carbonyl (C=O) groups is 2. The van der Waals surface area contributed by atoms with Crippen molar-refractivity contribution in [3.63, 3.8) is 0 Å². The van der Waals surface area contributed by atoms with Gasteiger partial charge in [-0.05, 0) is 24.3 Å². The Morgan fingerprint density at radius 1 is 1.23 bits per heavy atom. The van der Waals surface area contributed by atoms with E-state index in [0.29, 0.717) is 23.2 Å². The van der Waals surface area contributed by atoms with Gasteiger partial charge in [0, 0.05) is 28.3 Å². The summed E-state index contributed by atoms with van der Waals surface area (Å²) >= 11 is 3.38. The van der Waals surface area contributed by atoms with E-state index in [1.807, 2.05) is 20.8 Å². The molecule has 2 amide bonds. The summed E-state index contributed by atoms with van der Waals surface area (Å²) in [5.41, 5.74) is 1.07. The van der Waals surface area contributed by atoms with Crippen LogP contribution in [-0.4, -0.2) is 44.7 Å². The lowest BCUT2D eigenvalue weighted by Gasteiger charge is -2.28. The quantitative estimate of drug-likeness (QED) is 0.610. The van der Waals surface area contributed by atoms with Crippen LogP contribution in [0.25, 0.3) is 5.95 Å². The second-order valence-electron chi connectivity index (χ2n) is 8.05. The van der Waals surface area contributed by atoms with Crippen LogP contribution < -0.4 is 15.0 Å². The van der Waals surface area contributed by atoms with Crippen molar-refractivity contribution >= 4 is 39.2 Å². The SMILES string of the molecule is CC(C)(C)c1cc(NC(=O)CN2C(=O)COc3cc(Br)ccc32)n(-c2ncccn2)n1. The number of amides is 2. The van der Waals surface area contributed by atoms with Gasteiger partial charge in [0.25, 0.3) is 11.9 Å². The molecule has 0 bridgehead atoms. The number of aromatic nitrogens is 4. The first-order chi connectivity index (χ1) is 14.7. The Hall–Kier alpha value is -3.27. The second kappa shape index (κ2) is 8.10. The van der Waals surface area contributed by atoms with Crippen molar-refractivity contribution in [2.24, 2.45) is 0 Å². The van der Waals surface area contributed by atoms with E-state index in [1.54, 1.807) is 42.7 Å². The third-order valence-electron chi connectivity index (χ3n) is 4.65. The zero-order valence-corrected chi connectivity index (χ0v) is 18.9. The molecule has 1 aromatic carbocycles. The monoisotopic (exact) mass is 484 g/mol. The molecule has 2 aromatic heterocycles. The number of hydrogen-bond acceptors (Lipinski definition) is 6. The fraction of sp³-hybridized carbons (Fsp3) is 0.286. The van der Waals surface area contributed by atoms with Crippen molar-refractivity contribution in [1.82, 2.24) is 19.7 Å². The smallest absolute Gasteiger partial charge is 0.265 e. The van der Waals surface area contributed by atoms with Gasteiger partial charge in [-0.15, -0.1) is 0 Å². The summed E-state index contributed by atoms with van der Waals surface area (Å²) in [6, 6.07) is 8.80. The predicted molar refractivity (Wildman–Crippen MR) is 118 cm³/mol. The highest BCUT2D eigenvalue weighted by Crippen LogP contribution is 2.34. The largest absolute Gasteiger partial charge is 0.482 e. The molecule has 1 N–H and O–H groups in total. The molecule has 31 heavy (non-hydrogen) atoms. The van der Waals surface area contributed by atoms with Crippen molar-refractivity contribution in [3.05, 3.63) is 52.9 Å². The van der Waals surface area contributed by atoms with Crippen molar-refractivity contribution in [2.75, 3.05) is 23.4 Å². The molecule has 0 unspecified atom stereocenters. The number of rotatable bonds is 4. The molecule has 10 heteroatoms. The van der Waals surface area contributed by atoms with Crippen molar-refractivity contribution in [2.45, 2.75) is 26.2 Å². The summed E-state index contributed by atoms with van der Waals surface area (Å²) in [5.74, 6) is 0.644. The molecule has 3 aromatic rings. The Balaban J connectivity index is 1.61. The van der Waals surface area contributed by atoms with Crippen LogP contribution in [-0.2, 0) is 15.0 Å². The van der Waals surface area contributed by atoms with E-state index in [2.05, 4.69) is 36.3 Å². The zero-order valence-electron chi connectivity index (χ0n) is 17.3. The molecule has 0 saturated heterocycles. The predicted octanol–water partition coefficient (Wildman–Crippen LogP) is 3.09. The first-order valence-corrected chi connectivity index (χ1v) is 10.4. The van der Waals surface area contributed by atoms with Gasteiger partial charge in [-0.3, -0.25) is 14.5 Å². The van der Waals surface area contributed by atoms with Gasteiger partial charge in [0.2, 0.25) is 5.91 Å². The molecule has 1 aliphatic heterocycles. The Labute approximate surface area is 187 Å². The van der Waals surface area contributed by atoms with Gasteiger partial charge in [-0.2, -0.15) is 9.78 Å². The first-order valence-electron chi connectivity index (χ1n) is 9.63. The van der Waals surface area contributed by atoms with Crippen LogP contribution in [0.1, 0.15) is 26.5 Å². The van der Waals surface area contributed by atoms with E-state index in [0.717, 1.165) is 10.2 Å². The standard InChI is InChI=1S/C21H21BrN6O3/c1-21(2,3)16-10-17(28(26-16)20-23-7-4-8-24-20)25-18(29)11-27-14-6-5-13(22)9-15(14)31-12-19(27)30/h4-10H,11-12H2,1-3H3,(H,25,29). The summed E-state index contributed by atoms with van der Waals surface area (Å²) < 4.78 is 7.80. The average molecular weight is 485 g/mol. The fourth-order valence-electron chi connectivity index (χ4n) is 3.07. The molecule has 0 aliphatic carbocycles. The summed E-state index contributed by atoms with van der Waals surface area (Å²) in [6.07, 6.45) is 3.21. The molecule has 0 fully saturated rings. The molecular formula is C21H21BrN6O3. The molecule has 0 saturated carbocycles. The van der Waals surface area contributed by atoms with Gasteiger partial charge in [0.05, 0.1) is 11.4 Å². The van der Waals surface area contributed by atoms with Crippen LogP contribution in [0.3, 0.4) is 0 Å². The Kier molecular flexibility index (Phi) is 5.48. The first kappa shape index (κ1) is 21.0. The zero-order chi connectivity index (χ0) is 22.2. The Bertz CT molecular complexity index is 1140. The molecule has 0 atom stereocenters. The highest BCUT2D eigenvalue weighted by Gasteiger charge is 2.28. The van der Waals surface area contributed by atoms with Crippen LogP contribution in [0.4, 0.5) is 11.5 Å². The molecule has 0 spiro atoms. The summed E-state index contributed by atoms with van der Waals surface area (Å²) in [7, 11) is 0. The second-order valence-corrected chi connectivity index (χ2v) is 8.97. The van der Waals surface area contributed by atoms with Crippen molar-refractivity contribution in [3.8, 4) is 11.7 Å². The number of benzene rings is 1. The van der Waals surface area contributed by atoms with E-state index in [9.17, 15) is 9.59 Å². The maximum absolute atomic E-state index is 12.9. The van der Waals surface area contributed by atoms with Gasteiger partial charge in [-0.1, -0.05) is 36.7 Å². The van der Waals surface area contributed by atoms with Crippen LogP contribution in [0.15, 0.2) is 47.2 Å². The lowest BCUT2D eigenvalue weighted by Crippen LogP contribution is -2.43. The number of ether oxygens (including phenoxy) is 1. The van der Waals surface area contributed by atoms with Crippen LogP contribution in [0, 0.1) is 0 Å². The van der Waals surface area contributed by atoms with E-state index < -0.39 is 0 Å². The highest BCUT2D eigenvalue weighted by atomic mass is 79.9. The van der Waals surface area contributed by atoms with Gasteiger partial charge in [-0.25, -0.2) is 9.97 Å². The van der Waals surface area contributed by atoms with E-state index in [4.69, 9.17) is 4.74 Å². The number of halogens is 1. The molecular weight excluding hydrogens is 464 g/mol. The number of nitrogens with one attached hydrogen (secondary N) is 1.